The maximum Gasteiger partial charge on any atom is 0.182 e. The zero-order valence-electron chi connectivity index (χ0n) is 8.40. The average Bonchev–Trinajstić information content (AvgIpc) is 2.28. The lowest BCUT2D eigenvalue weighted by Crippen LogP contribution is -1.96. The molecule has 1 aromatic rings. The van der Waals surface area contributed by atoms with Gasteiger partial charge in [-0.2, -0.15) is 0 Å². The molecule has 0 aliphatic heterocycles. The quantitative estimate of drug-likeness (QED) is 0.275. The van der Waals surface area contributed by atoms with Gasteiger partial charge in [-0.3, -0.25) is 0 Å². The molecular formula is C10H10F2N4. The van der Waals surface area contributed by atoms with Gasteiger partial charge in [0.25, 0.3) is 0 Å². The van der Waals surface area contributed by atoms with E-state index >= 15 is 0 Å². The van der Waals surface area contributed by atoms with Gasteiger partial charge < -0.3 is 5.73 Å². The van der Waals surface area contributed by atoms with E-state index in [0.717, 1.165) is 0 Å². The van der Waals surface area contributed by atoms with E-state index in [9.17, 15) is 8.78 Å². The number of nitrogens with zero attached hydrogens (tertiary/aromatic N) is 3. The topological polar surface area (TPSA) is 74.8 Å². The molecule has 0 saturated carbocycles. The summed E-state index contributed by atoms with van der Waals surface area (Å²) in [6, 6.07) is 2.68. The third-order valence-corrected chi connectivity index (χ3v) is 1.90. The van der Waals surface area contributed by atoms with Crippen LogP contribution in [-0.2, 0) is 0 Å². The van der Waals surface area contributed by atoms with Crippen LogP contribution in [0.2, 0.25) is 0 Å². The van der Waals surface area contributed by atoms with Gasteiger partial charge in [-0.25, -0.2) is 8.78 Å². The number of halogens is 2. The van der Waals surface area contributed by atoms with E-state index in [0.29, 0.717) is 6.42 Å². The number of rotatable bonds is 4. The maximum absolute atomic E-state index is 13.2. The van der Waals surface area contributed by atoms with E-state index in [1.165, 1.54) is 18.2 Å². The van der Waals surface area contributed by atoms with Crippen LogP contribution in [0.5, 0.6) is 0 Å². The second kappa shape index (κ2) is 5.72. The summed E-state index contributed by atoms with van der Waals surface area (Å²) < 4.78 is 26.3. The third kappa shape index (κ3) is 2.96. The van der Waals surface area contributed by atoms with Crippen molar-refractivity contribution in [2.75, 3.05) is 12.3 Å². The first-order valence-electron chi connectivity index (χ1n) is 4.57. The molecular weight excluding hydrogens is 214 g/mol. The fraction of sp³-hybridized carbons (Fsp3) is 0.200. The minimum absolute atomic E-state index is 0.118. The van der Waals surface area contributed by atoms with Crippen LogP contribution in [0.25, 0.3) is 16.5 Å². The Morgan fingerprint density at radius 2 is 2.12 bits per heavy atom. The molecule has 84 valence electrons. The van der Waals surface area contributed by atoms with Crippen molar-refractivity contribution in [1.29, 1.82) is 0 Å². The predicted octanol–water partition coefficient (Wildman–Crippen LogP) is 3.26. The molecule has 0 saturated heterocycles. The van der Waals surface area contributed by atoms with Crippen LogP contribution in [0.3, 0.4) is 0 Å². The summed E-state index contributed by atoms with van der Waals surface area (Å²) in [6.07, 6.45) is 3.49. The number of anilines is 1. The number of benzene rings is 1. The second-order valence-electron chi connectivity index (χ2n) is 3.02. The van der Waals surface area contributed by atoms with Gasteiger partial charge in [0.15, 0.2) is 11.6 Å². The summed E-state index contributed by atoms with van der Waals surface area (Å²) in [5.74, 6) is -2.02. The molecule has 0 aliphatic rings. The average molecular weight is 224 g/mol. The van der Waals surface area contributed by atoms with Crippen molar-refractivity contribution in [3.05, 3.63) is 45.8 Å². The molecule has 1 rings (SSSR count). The third-order valence-electron chi connectivity index (χ3n) is 1.90. The van der Waals surface area contributed by atoms with Crippen molar-refractivity contribution >= 4 is 11.8 Å². The minimum atomic E-state index is -1.04. The molecule has 0 unspecified atom stereocenters. The van der Waals surface area contributed by atoms with Gasteiger partial charge in [-0.15, -0.1) is 0 Å². The molecule has 16 heavy (non-hydrogen) atoms. The maximum atomic E-state index is 13.2. The summed E-state index contributed by atoms with van der Waals surface area (Å²) in [5, 5.41) is 3.30. The minimum Gasteiger partial charge on any atom is -0.396 e. The van der Waals surface area contributed by atoms with Crippen LogP contribution < -0.4 is 5.73 Å². The zero-order chi connectivity index (χ0) is 12.0. The zero-order valence-corrected chi connectivity index (χ0v) is 8.40. The van der Waals surface area contributed by atoms with E-state index in [1.807, 2.05) is 0 Å². The Balaban J connectivity index is 2.74. The van der Waals surface area contributed by atoms with Crippen molar-refractivity contribution in [2.45, 2.75) is 6.42 Å². The Labute approximate surface area is 91.0 Å². The molecule has 0 atom stereocenters. The highest BCUT2D eigenvalue weighted by Crippen LogP contribution is 2.18. The van der Waals surface area contributed by atoms with Crippen molar-refractivity contribution in [3.63, 3.8) is 0 Å². The molecule has 0 bridgehead atoms. The highest BCUT2D eigenvalue weighted by molar-refractivity contribution is 5.55. The van der Waals surface area contributed by atoms with E-state index in [2.05, 4.69) is 10.0 Å². The molecule has 4 nitrogen and oxygen atoms in total. The first-order valence-corrected chi connectivity index (χ1v) is 4.57. The largest absolute Gasteiger partial charge is 0.396 e. The Kier molecular flexibility index (Phi) is 4.29. The number of nitrogen functional groups attached to an aromatic ring is 1. The predicted molar refractivity (Wildman–Crippen MR) is 58.4 cm³/mol. The normalized spacial score (nSPS) is 10.4. The molecule has 2 N–H and O–H groups in total. The summed E-state index contributed by atoms with van der Waals surface area (Å²) in [6.45, 7) is 0.284. The molecule has 6 heteroatoms. The van der Waals surface area contributed by atoms with Gasteiger partial charge in [-0.05, 0) is 24.1 Å². The summed E-state index contributed by atoms with van der Waals surface area (Å²) in [4.78, 5) is 2.56. The van der Waals surface area contributed by atoms with Gasteiger partial charge in [0.1, 0.15) is 0 Å². The second-order valence-corrected chi connectivity index (χ2v) is 3.02. The lowest BCUT2D eigenvalue weighted by Gasteiger charge is -2.01. The van der Waals surface area contributed by atoms with Gasteiger partial charge >= 0.3 is 0 Å². The van der Waals surface area contributed by atoms with Crippen LogP contribution in [0, 0.1) is 11.6 Å². The van der Waals surface area contributed by atoms with Crippen LogP contribution in [0.4, 0.5) is 14.5 Å². The summed E-state index contributed by atoms with van der Waals surface area (Å²) in [5.41, 5.74) is 13.1. The van der Waals surface area contributed by atoms with E-state index in [1.54, 1.807) is 6.08 Å². The fourth-order valence-corrected chi connectivity index (χ4v) is 1.10. The molecule has 0 spiro atoms. The highest BCUT2D eigenvalue weighted by atomic mass is 19.2. The molecule has 0 aromatic heterocycles. The van der Waals surface area contributed by atoms with Crippen LogP contribution in [0.1, 0.15) is 12.0 Å². The SMILES string of the molecule is [N-]=[N+]=NCCC=Cc1ccc(N)c(F)c1F. The van der Waals surface area contributed by atoms with Crippen molar-refractivity contribution in [1.82, 2.24) is 0 Å². The van der Waals surface area contributed by atoms with Crippen LogP contribution in [0.15, 0.2) is 23.3 Å². The van der Waals surface area contributed by atoms with Crippen LogP contribution >= 0.6 is 0 Å². The van der Waals surface area contributed by atoms with Crippen molar-refractivity contribution in [2.24, 2.45) is 5.11 Å². The Morgan fingerprint density at radius 3 is 2.81 bits per heavy atom. The molecule has 0 radical (unpaired) electrons. The molecule has 0 amide bonds. The standard InChI is InChI=1S/C10H10F2N4/c11-9-7(3-1-2-6-15-16-14)4-5-8(13)10(9)12/h1,3-5H,2,6,13H2. The Morgan fingerprint density at radius 1 is 1.38 bits per heavy atom. The van der Waals surface area contributed by atoms with E-state index in [4.69, 9.17) is 11.3 Å². The molecule has 0 heterocycles. The lowest BCUT2D eigenvalue weighted by molar-refractivity contribution is 0.510. The number of nitrogens with two attached hydrogens (primary N) is 1. The van der Waals surface area contributed by atoms with Gasteiger partial charge in [0.2, 0.25) is 0 Å². The number of hydrogen-bond acceptors (Lipinski definition) is 2. The number of azide groups is 1. The van der Waals surface area contributed by atoms with Crippen LogP contribution in [-0.4, -0.2) is 6.54 Å². The molecule has 0 fully saturated rings. The van der Waals surface area contributed by atoms with Gasteiger partial charge in [0.05, 0.1) is 5.69 Å². The monoisotopic (exact) mass is 224 g/mol. The first-order chi connectivity index (χ1) is 7.66. The summed E-state index contributed by atoms with van der Waals surface area (Å²) in [7, 11) is 0. The van der Waals surface area contributed by atoms with Crippen molar-refractivity contribution in [3.8, 4) is 0 Å². The smallest absolute Gasteiger partial charge is 0.182 e. The summed E-state index contributed by atoms with van der Waals surface area (Å²) >= 11 is 0. The van der Waals surface area contributed by atoms with Crippen molar-refractivity contribution < 1.29 is 8.78 Å². The van der Waals surface area contributed by atoms with Gasteiger partial charge in [0, 0.05) is 17.0 Å². The highest BCUT2D eigenvalue weighted by Gasteiger charge is 2.08. The lowest BCUT2D eigenvalue weighted by atomic mass is 10.1. The first kappa shape index (κ1) is 12.0. The number of hydrogen-bond donors (Lipinski definition) is 1. The Hall–Kier alpha value is -2.07. The Bertz CT molecular complexity index is 450. The fourth-order valence-electron chi connectivity index (χ4n) is 1.10. The molecule has 0 aliphatic carbocycles. The van der Waals surface area contributed by atoms with E-state index < -0.39 is 11.6 Å². The molecule has 1 aromatic carbocycles. The van der Waals surface area contributed by atoms with E-state index in [-0.39, 0.29) is 17.8 Å². The van der Waals surface area contributed by atoms with Gasteiger partial charge in [-0.1, -0.05) is 17.3 Å².